The van der Waals surface area contributed by atoms with Crippen molar-refractivity contribution >= 4 is 28.3 Å². The molecule has 0 saturated heterocycles. The van der Waals surface area contributed by atoms with Crippen molar-refractivity contribution in [1.29, 1.82) is 0 Å². The molecule has 0 aliphatic carbocycles. The summed E-state index contributed by atoms with van der Waals surface area (Å²) in [4.78, 5) is 17.8. The summed E-state index contributed by atoms with van der Waals surface area (Å²) in [5.74, 6) is 0.912. The third-order valence-electron chi connectivity index (χ3n) is 5.12. The van der Waals surface area contributed by atoms with Crippen LogP contribution in [0, 0.1) is 0 Å². The van der Waals surface area contributed by atoms with Gasteiger partial charge in [-0.15, -0.1) is 11.3 Å². The van der Waals surface area contributed by atoms with Gasteiger partial charge in [0.2, 0.25) is 0 Å². The maximum Gasteiger partial charge on any atom is 0.261 e. The molecule has 1 aromatic carbocycles. The Balaban J connectivity index is 1.55. The Morgan fingerprint density at radius 3 is 2.50 bits per heavy atom. The fourth-order valence-corrected chi connectivity index (χ4v) is 4.21. The molecule has 2 heterocycles. The summed E-state index contributed by atoms with van der Waals surface area (Å²) in [6.45, 7) is 3.68. The standard InChI is InChI=1S/C23H31N3OS/c1-2-3-4-5-6-7-8-11-16-26-20-14-10-9-13-19(20)25-22(26)18-24-23(27)21-15-12-17-28-21/h9-10,12-15,17H,2-8,11,16,18H2,1H3,(H,24,27). The molecule has 4 nitrogen and oxygen atoms in total. The molecule has 1 N–H and O–H groups in total. The molecule has 2 aromatic heterocycles. The van der Waals surface area contributed by atoms with Crippen LogP contribution in [0.25, 0.3) is 11.0 Å². The summed E-state index contributed by atoms with van der Waals surface area (Å²) in [7, 11) is 0. The van der Waals surface area contributed by atoms with Gasteiger partial charge in [-0.05, 0) is 30.0 Å². The molecular weight excluding hydrogens is 366 g/mol. The number of hydrogen-bond donors (Lipinski definition) is 1. The molecule has 0 aliphatic rings. The van der Waals surface area contributed by atoms with Crippen molar-refractivity contribution in [2.75, 3.05) is 0 Å². The highest BCUT2D eigenvalue weighted by Crippen LogP contribution is 2.18. The van der Waals surface area contributed by atoms with E-state index in [4.69, 9.17) is 4.98 Å². The lowest BCUT2D eigenvalue weighted by molar-refractivity contribution is 0.0953. The van der Waals surface area contributed by atoms with Gasteiger partial charge in [0.05, 0.1) is 22.5 Å². The highest BCUT2D eigenvalue weighted by atomic mass is 32.1. The zero-order valence-corrected chi connectivity index (χ0v) is 17.6. The number of aryl methyl sites for hydroxylation is 1. The molecule has 0 fully saturated rings. The van der Waals surface area contributed by atoms with Crippen molar-refractivity contribution in [3.63, 3.8) is 0 Å². The van der Waals surface area contributed by atoms with Gasteiger partial charge < -0.3 is 9.88 Å². The maximum absolute atomic E-state index is 12.3. The van der Waals surface area contributed by atoms with E-state index in [-0.39, 0.29) is 5.91 Å². The monoisotopic (exact) mass is 397 g/mol. The van der Waals surface area contributed by atoms with Crippen molar-refractivity contribution in [3.8, 4) is 0 Å². The van der Waals surface area contributed by atoms with Crippen LogP contribution < -0.4 is 5.32 Å². The first kappa shape index (κ1) is 20.6. The van der Waals surface area contributed by atoms with Crippen molar-refractivity contribution in [2.24, 2.45) is 0 Å². The SMILES string of the molecule is CCCCCCCCCCn1c(CNC(=O)c2cccs2)nc2ccccc21. The summed E-state index contributed by atoms with van der Waals surface area (Å²) in [6, 6.07) is 12.0. The van der Waals surface area contributed by atoms with Gasteiger partial charge in [0, 0.05) is 6.54 Å². The van der Waals surface area contributed by atoms with E-state index in [1.54, 1.807) is 0 Å². The summed E-state index contributed by atoms with van der Waals surface area (Å²) in [6.07, 6.45) is 10.5. The molecular formula is C23H31N3OS. The highest BCUT2D eigenvalue weighted by molar-refractivity contribution is 7.12. The fraction of sp³-hybridized carbons (Fsp3) is 0.478. The molecule has 0 saturated carbocycles. The Bertz CT molecular complexity index is 854. The second kappa shape index (κ2) is 11.0. The van der Waals surface area contributed by atoms with Gasteiger partial charge in [0.15, 0.2) is 0 Å². The van der Waals surface area contributed by atoms with Crippen molar-refractivity contribution in [3.05, 3.63) is 52.5 Å². The minimum Gasteiger partial charge on any atom is -0.344 e. The molecule has 0 radical (unpaired) electrons. The number of carbonyl (C=O) groups is 1. The van der Waals surface area contributed by atoms with E-state index >= 15 is 0 Å². The molecule has 0 atom stereocenters. The lowest BCUT2D eigenvalue weighted by Crippen LogP contribution is -2.24. The quantitative estimate of drug-likeness (QED) is 0.372. The number of hydrogen-bond acceptors (Lipinski definition) is 3. The van der Waals surface area contributed by atoms with Crippen LogP contribution in [-0.2, 0) is 13.1 Å². The smallest absolute Gasteiger partial charge is 0.261 e. The molecule has 5 heteroatoms. The normalized spacial score (nSPS) is 11.2. The molecule has 1 amide bonds. The molecule has 3 rings (SSSR count). The van der Waals surface area contributed by atoms with E-state index in [2.05, 4.69) is 28.9 Å². The largest absolute Gasteiger partial charge is 0.344 e. The van der Waals surface area contributed by atoms with E-state index in [1.807, 2.05) is 29.6 Å². The van der Waals surface area contributed by atoms with E-state index in [1.165, 1.54) is 56.3 Å². The molecule has 0 bridgehead atoms. The number of carbonyl (C=O) groups excluding carboxylic acids is 1. The third-order valence-corrected chi connectivity index (χ3v) is 5.99. The first-order valence-electron chi connectivity index (χ1n) is 10.6. The van der Waals surface area contributed by atoms with Crippen LogP contribution in [-0.4, -0.2) is 15.5 Å². The second-order valence-electron chi connectivity index (χ2n) is 7.30. The number of fused-ring (bicyclic) bond motifs is 1. The number of aromatic nitrogens is 2. The number of imidazole rings is 1. The Morgan fingerprint density at radius 2 is 1.75 bits per heavy atom. The van der Waals surface area contributed by atoms with Crippen LogP contribution >= 0.6 is 11.3 Å². The zero-order chi connectivity index (χ0) is 19.6. The van der Waals surface area contributed by atoms with Gasteiger partial charge in [-0.2, -0.15) is 0 Å². The van der Waals surface area contributed by atoms with Crippen LogP contribution in [0.5, 0.6) is 0 Å². The van der Waals surface area contributed by atoms with Crippen LogP contribution in [0.15, 0.2) is 41.8 Å². The first-order chi connectivity index (χ1) is 13.8. The maximum atomic E-state index is 12.3. The van der Waals surface area contributed by atoms with Gasteiger partial charge in [-0.1, -0.05) is 70.1 Å². The predicted octanol–water partition coefficient (Wildman–Crippen LogP) is 6.17. The van der Waals surface area contributed by atoms with Crippen molar-refractivity contribution in [1.82, 2.24) is 14.9 Å². The number of rotatable bonds is 12. The fourth-order valence-electron chi connectivity index (χ4n) is 3.57. The van der Waals surface area contributed by atoms with Crippen LogP contribution in [0.1, 0.15) is 73.8 Å². The molecule has 0 spiro atoms. The van der Waals surface area contributed by atoms with Gasteiger partial charge in [0.1, 0.15) is 5.82 Å². The van der Waals surface area contributed by atoms with Gasteiger partial charge in [-0.25, -0.2) is 4.98 Å². The molecule has 0 aliphatic heterocycles. The average Bonchev–Trinajstić information content (AvgIpc) is 3.36. The van der Waals surface area contributed by atoms with Crippen LogP contribution in [0.2, 0.25) is 0 Å². The van der Waals surface area contributed by atoms with E-state index in [0.29, 0.717) is 6.54 Å². The van der Waals surface area contributed by atoms with E-state index in [0.717, 1.165) is 34.7 Å². The number of thiophene rings is 1. The topological polar surface area (TPSA) is 46.9 Å². The molecule has 0 unspecified atom stereocenters. The Morgan fingerprint density at radius 1 is 1.00 bits per heavy atom. The molecule has 150 valence electrons. The van der Waals surface area contributed by atoms with E-state index in [9.17, 15) is 4.79 Å². The minimum atomic E-state index is -0.0271. The zero-order valence-electron chi connectivity index (χ0n) is 16.8. The number of para-hydroxylation sites is 2. The summed E-state index contributed by atoms with van der Waals surface area (Å²) < 4.78 is 2.28. The van der Waals surface area contributed by atoms with Gasteiger partial charge >= 0.3 is 0 Å². The minimum absolute atomic E-state index is 0.0271. The van der Waals surface area contributed by atoms with Gasteiger partial charge in [-0.3, -0.25) is 4.79 Å². The van der Waals surface area contributed by atoms with Gasteiger partial charge in [0.25, 0.3) is 5.91 Å². The Labute approximate surface area is 172 Å². The number of amides is 1. The summed E-state index contributed by atoms with van der Waals surface area (Å²) >= 11 is 1.46. The van der Waals surface area contributed by atoms with E-state index < -0.39 is 0 Å². The molecule has 28 heavy (non-hydrogen) atoms. The van der Waals surface area contributed by atoms with Crippen molar-refractivity contribution < 1.29 is 4.79 Å². The lowest BCUT2D eigenvalue weighted by Gasteiger charge is -2.10. The first-order valence-corrected chi connectivity index (χ1v) is 11.4. The number of benzene rings is 1. The highest BCUT2D eigenvalue weighted by Gasteiger charge is 2.12. The predicted molar refractivity (Wildman–Crippen MR) is 118 cm³/mol. The number of unbranched alkanes of at least 4 members (excludes halogenated alkanes) is 7. The Kier molecular flexibility index (Phi) is 8.09. The number of nitrogens with zero attached hydrogens (tertiary/aromatic N) is 2. The number of nitrogens with one attached hydrogen (secondary N) is 1. The lowest BCUT2D eigenvalue weighted by atomic mass is 10.1. The van der Waals surface area contributed by atoms with Crippen LogP contribution in [0.3, 0.4) is 0 Å². The summed E-state index contributed by atoms with van der Waals surface area (Å²) in [5, 5.41) is 4.94. The average molecular weight is 398 g/mol. The summed E-state index contributed by atoms with van der Waals surface area (Å²) in [5.41, 5.74) is 2.16. The van der Waals surface area contributed by atoms with Crippen LogP contribution in [0.4, 0.5) is 0 Å². The second-order valence-corrected chi connectivity index (χ2v) is 8.25. The van der Waals surface area contributed by atoms with Crippen molar-refractivity contribution in [2.45, 2.75) is 71.4 Å². The molecule has 3 aromatic rings. The third kappa shape index (κ3) is 5.68. The Hall–Kier alpha value is -2.14.